The van der Waals surface area contributed by atoms with Crippen LogP contribution >= 0.6 is 23.4 Å². The molecule has 0 spiro atoms. The molecular weight excluding hydrogens is 408 g/mol. The highest BCUT2D eigenvalue weighted by Gasteiger charge is 2.30. The Labute approximate surface area is 183 Å². The van der Waals surface area contributed by atoms with Gasteiger partial charge in [-0.25, -0.2) is 4.79 Å². The van der Waals surface area contributed by atoms with Crippen molar-refractivity contribution in [1.82, 2.24) is 0 Å². The first-order chi connectivity index (χ1) is 14.0. The van der Waals surface area contributed by atoms with Crippen LogP contribution in [0.15, 0.2) is 22.6 Å². The molecule has 0 saturated carbocycles. The summed E-state index contributed by atoms with van der Waals surface area (Å²) in [6.07, 6.45) is 7.33. The second kappa shape index (κ2) is 12.3. The number of ketones is 1. The highest BCUT2D eigenvalue weighted by molar-refractivity contribution is 8.04. The minimum absolute atomic E-state index is 0.202. The first-order valence-corrected chi connectivity index (χ1v) is 11.9. The molecular formula is C23H31ClO4S. The quantitative estimate of drug-likeness (QED) is 0.211. The predicted molar refractivity (Wildman–Crippen MR) is 120 cm³/mol. The molecule has 1 aromatic carbocycles. The summed E-state index contributed by atoms with van der Waals surface area (Å²) in [6.45, 7) is 6.78. The Morgan fingerprint density at radius 2 is 1.83 bits per heavy atom. The van der Waals surface area contributed by atoms with Gasteiger partial charge < -0.3 is 9.47 Å². The molecule has 29 heavy (non-hydrogen) atoms. The molecule has 0 amide bonds. The molecule has 0 radical (unpaired) electrons. The van der Waals surface area contributed by atoms with E-state index in [0.29, 0.717) is 52.2 Å². The molecule has 1 aliphatic rings. The molecule has 1 aromatic rings. The lowest BCUT2D eigenvalue weighted by atomic mass is 9.99. The van der Waals surface area contributed by atoms with E-state index >= 15 is 0 Å². The molecule has 0 N–H and O–H groups in total. The number of benzene rings is 1. The molecule has 4 nitrogen and oxygen atoms in total. The van der Waals surface area contributed by atoms with Crippen molar-refractivity contribution < 1.29 is 19.1 Å². The number of aryl methyl sites for hydroxylation is 1. The van der Waals surface area contributed by atoms with Crippen LogP contribution in [0.4, 0.5) is 0 Å². The second-order valence-corrected chi connectivity index (χ2v) is 8.68. The van der Waals surface area contributed by atoms with E-state index in [2.05, 4.69) is 6.92 Å². The lowest BCUT2D eigenvalue weighted by Gasteiger charge is -2.13. The number of halogens is 1. The maximum Gasteiger partial charge on any atom is 0.345 e. The highest BCUT2D eigenvalue weighted by Crippen LogP contribution is 2.37. The number of allylic oxidation sites excluding steroid dienone is 1. The van der Waals surface area contributed by atoms with Crippen molar-refractivity contribution >= 4 is 35.1 Å². The molecule has 0 bridgehead atoms. The number of hydrogen-bond acceptors (Lipinski definition) is 5. The number of rotatable bonds is 12. The van der Waals surface area contributed by atoms with Gasteiger partial charge in [-0.1, -0.05) is 50.6 Å². The smallest absolute Gasteiger partial charge is 0.345 e. The van der Waals surface area contributed by atoms with Gasteiger partial charge in [0.15, 0.2) is 5.78 Å². The number of hydrogen-bond donors (Lipinski definition) is 0. The van der Waals surface area contributed by atoms with Crippen LogP contribution in [0.2, 0.25) is 5.02 Å². The van der Waals surface area contributed by atoms with Gasteiger partial charge in [0.1, 0.15) is 5.75 Å². The highest BCUT2D eigenvalue weighted by atomic mass is 35.5. The first kappa shape index (κ1) is 23.8. The summed E-state index contributed by atoms with van der Waals surface area (Å²) >= 11 is 7.64. The fraction of sp³-hybridized carbons (Fsp3) is 0.565. The summed E-state index contributed by atoms with van der Waals surface area (Å²) in [5.74, 6) is 0.613. The summed E-state index contributed by atoms with van der Waals surface area (Å²) in [4.78, 5) is 26.2. The van der Waals surface area contributed by atoms with Gasteiger partial charge in [0.05, 0.1) is 23.7 Å². The Bertz CT molecular complexity index is 757. The van der Waals surface area contributed by atoms with Gasteiger partial charge in [0.2, 0.25) is 0 Å². The maximum atomic E-state index is 13.2. The molecule has 0 atom stereocenters. The van der Waals surface area contributed by atoms with Gasteiger partial charge in [-0.05, 0) is 44.4 Å². The largest absolute Gasteiger partial charge is 0.493 e. The van der Waals surface area contributed by atoms with Gasteiger partial charge in [-0.15, -0.1) is 11.8 Å². The minimum Gasteiger partial charge on any atom is -0.493 e. The number of ether oxygens (including phenoxy) is 2. The lowest BCUT2D eigenvalue weighted by Crippen LogP contribution is -2.12. The molecule has 1 aliphatic heterocycles. The van der Waals surface area contributed by atoms with Gasteiger partial charge in [0.25, 0.3) is 0 Å². The molecule has 0 aliphatic carbocycles. The van der Waals surface area contributed by atoms with E-state index < -0.39 is 0 Å². The molecule has 6 heteroatoms. The van der Waals surface area contributed by atoms with Crippen LogP contribution in [-0.4, -0.2) is 30.7 Å². The monoisotopic (exact) mass is 438 g/mol. The van der Waals surface area contributed by atoms with E-state index in [4.69, 9.17) is 21.1 Å². The van der Waals surface area contributed by atoms with Crippen LogP contribution in [-0.2, 0) is 9.53 Å². The van der Waals surface area contributed by atoms with Crippen molar-refractivity contribution in [3.8, 4) is 5.75 Å². The van der Waals surface area contributed by atoms with Gasteiger partial charge in [0, 0.05) is 16.3 Å². The summed E-state index contributed by atoms with van der Waals surface area (Å²) < 4.78 is 11.1. The van der Waals surface area contributed by atoms with Crippen LogP contribution in [0.25, 0.3) is 0 Å². The molecule has 2 rings (SSSR count). The molecule has 0 saturated heterocycles. The summed E-state index contributed by atoms with van der Waals surface area (Å²) in [7, 11) is 0. The average Bonchev–Trinajstić information content (AvgIpc) is 3.19. The number of thioether (sulfide) groups is 1. The topological polar surface area (TPSA) is 52.6 Å². The van der Waals surface area contributed by atoms with Crippen LogP contribution in [0.3, 0.4) is 0 Å². The summed E-state index contributed by atoms with van der Waals surface area (Å²) in [5.41, 5.74) is 1.75. The van der Waals surface area contributed by atoms with E-state index in [1.165, 1.54) is 37.4 Å². The number of unbranched alkanes of at least 4 members (excludes halogenated alkanes) is 5. The number of Topliss-reactive ketones (excluding diaryl/α,β-unsaturated/α-hetero) is 1. The van der Waals surface area contributed by atoms with E-state index in [1.54, 1.807) is 12.1 Å². The fourth-order valence-corrected chi connectivity index (χ4v) is 4.46. The van der Waals surface area contributed by atoms with E-state index in [-0.39, 0.29) is 11.8 Å². The van der Waals surface area contributed by atoms with Crippen LogP contribution in [0, 0.1) is 6.92 Å². The maximum absolute atomic E-state index is 13.2. The van der Waals surface area contributed by atoms with E-state index in [1.807, 2.05) is 13.8 Å². The van der Waals surface area contributed by atoms with Crippen molar-refractivity contribution in [3.05, 3.63) is 38.8 Å². The minimum atomic E-state index is -0.388. The van der Waals surface area contributed by atoms with Gasteiger partial charge in [-0.2, -0.15) is 0 Å². The number of esters is 1. The predicted octanol–water partition coefficient (Wildman–Crippen LogP) is 6.52. The number of carbonyl (C=O) groups is 2. The van der Waals surface area contributed by atoms with Crippen molar-refractivity contribution in [2.45, 2.75) is 65.7 Å². The van der Waals surface area contributed by atoms with E-state index in [9.17, 15) is 9.59 Å². The molecule has 0 aromatic heterocycles. The summed E-state index contributed by atoms with van der Waals surface area (Å²) in [6, 6.07) is 3.41. The molecule has 0 fully saturated rings. The zero-order valence-corrected chi connectivity index (χ0v) is 19.2. The third kappa shape index (κ3) is 6.78. The van der Waals surface area contributed by atoms with Crippen LogP contribution in [0.5, 0.6) is 5.75 Å². The Hall–Kier alpha value is -1.46. The van der Waals surface area contributed by atoms with Crippen molar-refractivity contribution in [2.24, 2.45) is 0 Å². The summed E-state index contributed by atoms with van der Waals surface area (Å²) in [5, 5.41) is 0.509. The Morgan fingerprint density at radius 3 is 2.55 bits per heavy atom. The first-order valence-electron chi connectivity index (χ1n) is 10.5. The zero-order chi connectivity index (χ0) is 21.2. The third-order valence-corrected chi connectivity index (χ3v) is 6.39. The third-order valence-electron chi connectivity index (χ3n) is 4.87. The standard InChI is InChI=1S/C23H31ClO4S/c1-4-6-7-8-9-10-12-28-23(26)22-17(11-13-29-22)21(25)18-15-19(24)16(3)14-20(18)27-5-2/h14-15H,4-13H2,1-3H3. The molecule has 160 valence electrons. The fourth-order valence-electron chi connectivity index (χ4n) is 3.24. The van der Waals surface area contributed by atoms with Crippen LogP contribution < -0.4 is 4.74 Å². The molecule has 0 unspecified atom stereocenters. The Morgan fingerprint density at radius 1 is 1.10 bits per heavy atom. The van der Waals surface area contributed by atoms with E-state index in [0.717, 1.165) is 18.4 Å². The van der Waals surface area contributed by atoms with Gasteiger partial charge >= 0.3 is 5.97 Å². The SMILES string of the molecule is CCCCCCCCOC(=O)C1=C(C(=O)c2cc(Cl)c(C)cc2OCC)CCS1. The second-order valence-electron chi connectivity index (χ2n) is 7.17. The van der Waals surface area contributed by atoms with Gasteiger partial charge in [-0.3, -0.25) is 4.79 Å². The molecule has 1 heterocycles. The average molecular weight is 439 g/mol. The van der Waals surface area contributed by atoms with Crippen molar-refractivity contribution in [3.63, 3.8) is 0 Å². The van der Waals surface area contributed by atoms with Crippen molar-refractivity contribution in [1.29, 1.82) is 0 Å². The van der Waals surface area contributed by atoms with Crippen LogP contribution in [0.1, 0.15) is 74.7 Å². The lowest BCUT2D eigenvalue weighted by molar-refractivity contribution is -0.138. The number of carbonyl (C=O) groups excluding carboxylic acids is 2. The Balaban J connectivity index is 2.06. The zero-order valence-electron chi connectivity index (χ0n) is 17.6. The Kier molecular flexibility index (Phi) is 10.1. The normalized spacial score (nSPS) is 13.7. The van der Waals surface area contributed by atoms with Crippen molar-refractivity contribution in [2.75, 3.05) is 19.0 Å².